The summed E-state index contributed by atoms with van der Waals surface area (Å²) in [5.74, 6) is 0. The first kappa shape index (κ1) is 14.2. The van der Waals surface area contributed by atoms with Crippen molar-refractivity contribution in [2.45, 2.75) is 25.9 Å². The highest BCUT2D eigenvalue weighted by Crippen LogP contribution is 2.12. The van der Waals surface area contributed by atoms with Crippen LogP contribution in [0.5, 0.6) is 0 Å². The number of ether oxygens (including phenoxy) is 2. The molecule has 0 aromatic carbocycles. The summed E-state index contributed by atoms with van der Waals surface area (Å²) < 4.78 is 12.5. The third-order valence-corrected chi connectivity index (χ3v) is 2.61. The Morgan fingerprint density at radius 2 is 2.29 bits per heavy atom. The first-order chi connectivity index (χ1) is 8.33. The molecule has 1 atom stereocenters. The van der Waals surface area contributed by atoms with Crippen LogP contribution in [0, 0.1) is 0 Å². The number of hydrogen-bond donors (Lipinski definition) is 1. The van der Waals surface area contributed by atoms with E-state index in [9.17, 15) is 0 Å². The van der Waals surface area contributed by atoms with Crippen LogP contribution in [0.4, 0.5) is 0 Å². The van der Waals surface area contributed by atoms with Gasteiger partial charge in [0, 0.05) is 19.9 Å². The molecule has 0 radical (unpaired) electrons. The molecular formula is C12H23N3O2. The van der Waals surface area contributed by atoms with Crippen LogP contribution in [-0.2, 0) is 16.0 Å². The lowest BCUT2D eigenvalue weighted by molar-refractivity contribution is 0.0584. The van der Waals surface area contributed by atoms with Gasteiger partial charge in [-0.25, -0.2) is 0 Å². The summed E-state index contributed by atoms with van der Waals surface area (Å²) in [6, 6.07) is 2.22. The summed E-state index contributed by atoms with van der Waals surface area (Å²) in [5.41, 5.74) is 1.17. The zero-order chi connectivity index (χ0) is 12.5. The maximum atomic E-state index is 5.56. The second-order valence-electron chi connectivity index (χ2n) is 3.89. The van der Waals surface area contributed by atoms with Crippen LogP contribution in [0.15, 0.2) is 12.3 Å². The van der Waals surface area contributed by atoms with Gasteiger partial charge in [-0.15, -0.1) is 0 Å². The van der Waals surface area contributed by atoms with E-state index in [1.54, 1.807) is 7.11 Å². The Morgan fingerprint density at radius 1 is 1.47 bits per heavy atom. The molecule has 5 heteroatoms. The van der Waals surface area contributed by atoms with Gasteiger partial charge < -0.3 is 14.8 Å². The minimum Gasteiger partial charge on any atom is -0.382 e. The normalized spacial score (nSPS) is 12.9. The molecule has 0 spiro atoms. The van der Waals surface area contributed by atoms with E-state index in [-0.39, 0.29) is 6.04 Å². The second kappa shape index (κ2) is 8.22. The van der Waals surface area contributed by atoms with Crippen molar-refractivity contribution in [3.8, 4) is 0 Å². The monoisotopic (exact) mass is 241 g/mol. The Morgan fingerprint density at radius 3 is 2.94 bits per heavy atom. The van der Waals surface area contributed by atoms with Gasteiger partial charge in [0.05, 0.1) is 31.6 Å². The Hall–Kier alpha value is -0.910. The molecule has 0 fully saturated rings. The van der Waals surface area contributed by atoms with E-state index in [0.717, 1.165) is 13.0 Å². The second-order valence-corrected chi connectivity index (χ2v) is 3.89. The number of nitrogens with zero attached hydrogens (tertiary/aromatic N) is 2. The van der Waals surface area contributed by atoms with Crippen molar-refractivity contribution in [3.05, 3.63) is 18.0 Å². The molecular weight excluding hydrogens is 218 g/mol. The number of aryl methyl sites for hydroxylation is 1. The maximum Gasteiger partial charge on any atom is 0.0727 e. The molecule has 17 heavy (non-hydrogen) atoms. The Kier molecular flexibility index (Phi) is 6.84. The first-order valence-electron chi connectivity index (χ1n) is 6.09. The Labute approximate surface area is 103 Å². The van der Waals surface area contributed by atoms with Gasteiger partial charge in [-0.1, -0.05) is 6.92 Å². The van der Waals surface area contributed by atoms with E-state index in [0.29, 0.717) is 19.8 Å². The van der Waals surface area contributed by atoms with Gasteiger partial charge in [0.25, 0.3) is 0 Å². The molecule has 1 N–H and O–H groups in total. The van der Waals surface area contributed by atoms with E-state index >= 15 is 0 Å². The van der Waals surface area contributed by atoms with E-state index < -0.39 is 0 Å². The van der Waals surface area contributed by atoms with Gasteiger partial charge in [0.1, 0.15) is 0 Å². The van der Waals surface area contributed by atoms with Crippen LogP contribution < -0.4 is 5.32 Å². The van der Waals surface area contributed by atoms with E-state index in [2.05, 4.69) is 17.3 Å². The molecule has 1 aromatic rings. The van der Waals surface area contributed by atoms with Gasteiger partial charge in [-0.2, -0.15) is 5.10 Å². The van der Waals surface area contributed by atoms with Crippen molar-refractivity contribution in [3.63, 3.8) is 0 Å². The first-order valence-corrected chi connectivity index (χ1v) is 6.09. The van der Waals surface area contributed by atoms with Gasteiger partial charge in [-0.05, 0) is 19.5 Å². The number of hydrogen-bond acceptors (Lipinski definition) is 4. The van der Waals surface area contributed by atoms with Gasteiger partial charge in [0.15, 0.2) is 0 Å². The van der Waals surface area contributed by atoms with Crippen molar-refractivity contribution in [1.29, 1.82) is 0 Å². The van der Waals surface area contributed by atoms with Crippen molar-refractivity contribution < 1.29 is 9.47 Å². The van der Waals surface area contributed by atoms with Crippen molar-refractivity contribution in [2.24, 2.45) is 0 Å². The van der Waals surface area contributed by atoms with E-state index in [1.807, 2.05) is 24.0 Å². The van der Waals surface area contributed by atoms with Crippen LogP contribution >= 0.6 is 0 Å². The fourth-order valence-electron chi connectivity index (χ4n) is 1.70. The fraction of sp³-hybridized carbons (Fsp3) is 0.750. The van der Waals surface area contributed by atoms with E-state index in [1.165, 1.54) is 5.69 Å². The predicted molar refractivity (Wildman–Crippen MR) is 67.0 cm³/mol. The van der Waals surface area contributed by atoms with Gasteiger partial charge in [-0.3, -0.25) is 4.68 Å². The summed E-state index contributed by atoms with van der Waals surface area (Å²) in [7, 11) is 3.61. The minimum atomic E-state index is 0.181. The van der Waals surface area contributed by atoms with E-state index in [4.69, 9.17) is 9.47 Å². The van der Waals surface area contributed by atoms with Gasteiger partial charge >= 0.3 is 0 Å². The molecule has 0 amide bonds. The minimum absolute atomic E-state index is 0.181. The lowest BCUT2D eigenvalue weighted by Crippen LogP contribution is -2.25. The van der Waals surface area contributed by atoms with Crippen LogP contribution in [0.25, 0.3) is 0 Å². The largest absolute Gasteiger partial charge is 0.382 e. The van der Waals surface area contributed by atoms with Crippen molar-refractivity contribution in [2.75, 3.05) is 34.0 Å². The molecule has 0 aliphatic rings. The standard InChI is InChI=1S/C12H23N3O2/c1-4-7-15-12(5-6-14-15)11(13-2)10-17-9-8-16-3/h5-6,11,13H,4,7-10H2,1-3H3. The molecule has 5 nitrogen and oxygen atoms in total. The highest BCUT2D eigenvalue weighted by Gasteiger charge is 2.13. The SMILES string of the molecule is CCCn1nccc1C(COCCOC)NC. The van der Waals surface area contributed by atoms with Crippen LogP contribution in [0.3, 0.4) is 0 Å². The summed E-state index contributed by atoms with van der Waals surface area (Å²) in [6.07, 6.45) is 2.92. The molecule has 1 aromatic heterocycles. The zero-order valence-corrected chi connectivity index (χ0v) is 11.0. The molecule has 98 valence electrons. The molecule has 0 bridgehead atoms. The summed E-state index contributed by atoms with van der Waals surface area (Å²) in [4.78, 5) is 0. The molecule has 1 unspecified atom stereocenters. The highest BCUT2D eigenvalue weighted by atomic mass is 16.5. The smallest absolute Gasteiger partial charge is 0.0727 e. The average molecular weight is 241 g/mol. The Bertz CT molecular complexity index is 302. The molecule has 1 rings (SSSR count). The molecule has 0 aliphatic carbocycles. The van der Waals surface area contributed by atoms with Crippen LogP contribution in [-0.4, -0.2) is 43.8 Å². The highest BCUT2D eigenvalue weighted by molar-refractivity contribution is 5.07. The summed E-state index contributed by atoms with van der Waals surface area (Å²) >= 11 is 0. The zero-order valence-electron chi connectivity index (χ0n) is 11.0. The number of methoxy groups -OCH3 is 1. The molecule has 0 saturated carbocycles. The Balaban J connectivity index is 2.50. The van der Waals surface area contributed by atoms with Crippen LogP contribution in [0.2, 0.25) is 0 Å². The lowest BCUT2D eigenvalue weighted by Gasteiger charge is -2.17. The van der Waals surface area contributed by atoms with Crippen molar-refractivity contribution >= 4 is 0 Å². The molecule has 0 saturated heterocycles. The third kappa shape index (κ3) is 4.46. The predicted octanol–water partition coefficient (Wildman–Crippen LogP) is 1.22. The molecule has 1 heterocycles. The number of likely N-dealkylation sites (N-methyl/N-ethyl adjacent to an activating group) is 1. The summed E-state index contributed by atoms with van der Waals surface area (Å²) in [6.45, 7) is 4.98. The van der Waals surface area contributed by atoms with Crippen molar-refractivity contribution in [1.82, 2.24) is 15.1 Å². The number of nitrogens with one attached hydrogen (secondary N) is 1. The van der Waals surface area contributed by atoms with Gasteiger partial charge in [0.2, 0.25) is 0 Å². The maximum absolute atomic E-state index is 5.56. The third-order valence-electron chi connectivity index (χ3n) is 2.61. The number of aromatic nitrogens is 2. The lowest BCUT2D eigenvalue weighted by atomic mass is 10.2. The quantitative estimate of drug-likeness (QED) is 0.660. The van der Waals surface area contributed by atoms with Crippen LogP contribution in [0.1, 0.15) is 25.1 Å². The topological polar surface area (TPSA) is 48.3 Å². The summed E-state index contributed by atoms with van der Waals surface area (Å²) in [5, 5.41) is 7.57. The molecule has 0 aliphatic heterocycles. The fourth-order valence-corrected chi connectivity index (χ4v) is 1.70. The average Bonchev–Trinajstić information content (AvgIpc) is 2.78. The number of rotatable bonds is 9.